The van der Waals surface area contributed by atoms with E-state index in [0.717, 1.165) is 11.9 Å². The van der Waals surface area contributed by atoms with Gasteiger partial charge < -0.3 is 4.32 Å². The molecule has 0 heterocycles. The first-order valence-electron chi connectivity index (χ1n) is 4.90. The number of rotatable bonds is 1. The third-order valence-corrected chi connectivity index (χ3v) is 2.43. The summed E-state index contributed by atoms with van der Waals surface area (Å²) in [5.74, 6) is 1.60. The topological polar surface area (TPSA) is 47.6 Å². The normalized spacial score (nSPS) is 12.0. The number of hydrogen-bond acceptors (Lipinski definition) is 2. The second-order valence-corrected chi connectivity index (χ2v) is 3.86. The zero-order valence-corrected chi connectivity index (χ0v) is 10.3. The maximum absolute atomic E-state index is 13.7. The van der Waals surface area contributed by atoms with Crippen molar-refractivity contribution >= 4 is 11.9 Å². The third kappa shape index (κ3) is 4.17. The van der Waals surface area contributed by atoms with Crippen LogP contribution in [0.15, 0.2) is 18.2 Å². The SMILES string of the molecule is N#C[B-](F)(C#N)c1cc(C(F)(F)F)cc(C(F)(F)F)c1.[Li+]. The first-order valence-corrected chi connectivity index (χ1v) is 4.90. The monoisotopic (exact) mass is 302 g/mol. The van der Waals surface area contributed by atoms with Gasteiger partial charge >= 0.3 is 37.6 Å². The predicted octanol–water partition coefficient (Wildman–Crippen LogP) is -0.0242. The van der Waals surface area contributed by atoms with Crippen molar-refractivity contribution in [2.75, 3.05) is 0 Å². The minimum Gasteiger partial charge on any atom is -0.476 e. The molecular formula is C10H3BF7LiN2. The zero-order valence-electron chi connectivity index (χ0n) is 10.3. The molecule has 0 fully saturated rings. The molecule has 0 spiro atoms. The molecule has 1 rings (SSSR count). The summed E-state index contributed by atoms with van der Waals surface area (Å²) in [6.45, 7) is 0. The smallest absolute Gasteiger partial charge is 0.476 e. The Morgan fingerprint density at radius 1 is 0.810 bits per heavy atom. The Balaban J connectivity index is 0.00000400. The second-order valence-electron chi connectivity index (χ2n) is 3.86. The molecule has 21 heavy (non-hydrogen) atoms. The Labute approximate surface area is 126 Å². The number of hydrogen-bond donors (Lipinski definition) is 0. The molecule has 2 nitrogen and oxygen atoms in total. The number of benzene rings is 1. The van der Waals surface area contributed by atoms with Gasteiger partial charge in [0, 0.05) is 0 Å². The van der Waals surface area contributed by atoms with Crippen LogP contribution in [0, 0.1) is 22.5 Å². The number of nitrogens with zero attached hydrogens (tertiary/aromatic N) is 2. The van der Waals surface area contributed by atoms with Crippen molar-refractivity contribution < 1.29 is 49.5 Å². The number of alkyl halides is 6. The molecule has 0 unspecified atom stereocenters. The van der Waals surface area contributed by atoms with Crippen LogP contribution < -0.4 is 24.3 Å². The minimum atomic E-state index is -5.17. The molecule has 0 radical (unpaired) electrons. The van der Waals surface area contributed by atoms with Gasteiger partial charge in [-0.2, -0.15) is 26.3 Å². The Morgan fingerprint density at radius 3 is 1.38 bits per heavy atom. The molecule has 106 valence electrons. The van der Waals surface area contributed by atoms with E-state index in [1.807, 2.05) is 0 Å². The molecule has 11 heteroatoms. The van der Waals surface area contributed by atoms with Gasteiger partial charge in [0.25, 0.3) is 0 Å². The molecule has 0 N–H and O–H groups in total. The molecule has 0 aliphatic rings. The van der Waals surface area contributed by atoms with Crippen LogP contribution in [0.2, 0.25) is 0 Å². The summed E-state index contributed by atoms with van der Waals surface area (Å²) in [5, 5.41) is 16.9. The largest absolute Gasteiger partial charge is 1.00 e. The third-order valence-electron chi connectivity index (χ3n) is 2.43. The van der Waals surface area contributed by atoms with Crippen molar-refractivity contribution in [1.29, 1.82) is 10.5 Å². The summed E-state index contributed by atoms with van der Waals surface area (Å²) in [4.78, 5) is 0. The fourth-order valence-electron chi connectivity index (χ4n) is 1.39. The molecule has 0 aliphatic heterocycles. The van der Waals surface area contributed by atoms with Gasteiger partial charge in [-0.05, 0) is 6.07 Å². The van der Waals surface area contributed by atoms with Crippen molar-refractivity contribution in [2.24, 2.45) is 0 Å². The van der Waals surface area contributed by atoms with E-state index in [2.05, 4.69) is 0 Å². The van der Waals surface area contributed by atoms with E-state index >= 15 is 0 Å². The molecule has 0 bridgehead atoms. The summed E-state index contributed by atoms with van der Waals surface area (Å²) in [5.41, 5.74) is -4.81. The number of halogens is 7. The Kier molecular flexibility index (Phi) is 5.54. The van der Waals surface area contributed by atoms with Gasteiger partial charge in [-0.1, -0.05) is 24.1 Å². The fourth-order valence-corrected chi connectivity index (χ4v) is 1.39. The molecule has 1 aromatic carbocycles. The maximum atomic E-state index is 13.7. The average Bonchev–Trinajstić information content (AvgIpc) is 2.35. The summed E-state index contributed by atoms with van der Waals surface area (Å²) in [6.07, 6.45) is -14.6. The average molecular weight is 302 g/mol. The van der Waals surface area contributed by atoms with Crippen LogP contribution >= 0.6 is 0 Å². The van der Waals surface area contributed by atoms with Crippen LogP contribution in [0.25, 0.3) is 0 Å². The van der Waals surface area contributed by atoms with E-state index in [9.17, 15) is 30.7 Å². The molecular weight excluding hydrogens is 299 g/mol. The van der Waals surface area contributed by atoms with Crippen molar-refractivity contribution in [1.82, 2.24) is 0 Å². The second kappa shape index (κ2) is 6.01. The van der Waals surface area contributed by atoms with Crippen molar-refractivity contribution in [2.45, 2.75) is 12.4 Å². The van der Waals surface area contributed by atoms with Crippen molar-refractivity contribution in [3.8, 4) is 11.9 Å². The predicted molar refractivity (Wildman–Crippen MR) is 54.2 cm³/mol. The van der Waals surface area contributed by atoms with E-state index in [-0.39, 0.29) is 37.1 Å². The molecule has 0 saturated heterocycles. The van der Waals surface area contributed by atoms with Crippen molar-refractivity contribution in [3.05, 3.63) is 29.3 Å². The van der Waals surface area contributed by atoms with Crippen LogP contribution in [0.4, 0.5) is 30.7 Å². The van der Waals surface area contributed by atoms with Crippen LogP contribution in [0.3, 0.4) is 0 Å². The van der Waals surface area contributed by atoms with E-state index in [1.165, 1.54) is 0 Å². The van der Waals surface area contributed by atoms with Gasteiger partial charge in [-0.3, -0.25) is 0 Å². The molecule has 1 aromatic rings. The Bertz CT molecular complexity index is 566. The van der Waals surface area contributed by atoms with Gasteiger partial charge in [0.15, 0.2) is 0 Å². The standard InChI is InChI=1S/C10H3BF7N2.Li/c12-9(13,14)6-1-7(10(15,16)17)3-8(2-6)11(18,4-19)5-20;/h1-3H;/q-1;+1. The van der Waals surface area contributed by atoms with E-state index < -0.39 is 35.4 Å². The summed E-state index contributed by atoms with van der Waals surface area (Å²) >= 11 is 0. The maximum Gasteiger partial charge on any atom is 1.00 e. The first-order chi connectivity index (χ1) is 8.94. The summed E-state index contributed by atoms with van der Waals surface area (Å²) in [7, 11) is 0. The van der Waals surface area contributed by atoms with Gasteiger partial charge in [-0.15, -0.1) is 5.46 Å². The van der Waals surface area contributed by atoms with Crippen molar-refractivity contribution in [3.63, 3.8) is 0 Å². The number of nitriles is 2. The zero-order chi connectivity index (χ0) is 15.8. The van der Waals surface area contributed by atoms with Crippen LogP contribution in [-0.2, 0) is 12.4 Å². The van der Waals surface area contributed by atoms with Gasteiger partial charge in [0.05, 0.1) is 11.1 Å². The summed E-state index contributed by atoms with van der Waals surface area (Å²) < 4.78 is 88.6. The molecule has 0 amide bonds. The molecule has 0 aliphatic carbocycles. The van der Waals surface area contributed by atoms with E-state index in [1.54, 1.807) is 0 Å². The van der Waals surface area contributed by atoms with Crippen LogP contribution in [0.5, 0.6) is 0 Å². The van der Waals surface area contributed by atoms with Gasteiger partial charge in [0.2, 0.25) is 0 Å². The van der Waals surface area contributed by atoms with E-state index in [0.29, 0.717) is 0 Å². The van der Waals surface area contributed by atoms with Crippen LogP contribution in [0.1, 0.15) is 11.1 Å². The van der Waals surface area contributed by atoms with Crippen LogP contribution in [-0.4, -0.2) is 6.42 Å². The van der Waals surface area contributed by atoms with Gasteiger partial charge in [0.1, 0.15) is 0 Å². The minimum absolute atomic E-state index is 0. The Morgan fingerprint density at radius 2 is 1.14 bits per heavy atom. The fraction of sp³-hybridized carbons (Fsp3) is 0.200. The molecule has 0 atom stereocenters. The molecule has 0 saturated carbocycles. The Hall–Kier alpha value is -1.63. The quantitative estimate of drug-likeness (QED) is 0.540. The molecule has 0 aromatic heterocycles. The van der Waals surface area contributed by atoms with Gasteiger partial charge in [-0.25, -0.2) is 10.5 Å². The summed E-state index contributed by atoms with van der Waals surface area (Å²) in [6, 6.07) is -0.155. The first kappa shape index (κ1) is 19.4. The van der Waals surface area contributed by atoms with E-state index in [4.69, 9.17) is 10.5 Å².